The highest BCUT2D eigenvalue weighted by Gasteiger charge is 2.58. The number of hydrogen-bond donors (Lipinski definition) is 2. The minimum atomic E-state index is -0.548. The predicted octanol–water partition coefficient (Wildman–Crippen LogP) is 2.46. The minimum Gasteiger partial charge on any atom is -0.390 e. The number of carbonyl (C=O) groups excluding carboxylic acids is 1. The molecule has 4 aliphatic carbocycles. The second-order valence-electron chi connectivity index (χ2n) is 8.10. The Balaban J connectivity index is 1.64. The molecule has 0 aliphatic heterocycles. The van der Waals surface area contributed by atoms with E-state index in [2.05, 4.69) is 6.92 Å². The zero-order valence-electron chi connectivity index (χ0n) is 12.8. The van der Waals surface area contributed by atoms with Crippen molar-refractivity contribution in [2.45, 2.75) is 64.1 Å². The van der Waals surface area contributed by atoms with Gasteiger partial charge < -0.3 is 10.2 Å². The predicted molar refractivity (Wildman–Crippen MR) is 79.5 cm³/mol. The van der Waals surface area contributed by atoms with E-state index >= 15 is 0 Å². The third-order valence-electron chi connectivity index (χ3n) is 7.27. The maximum absolute atomic E-state index is 11.7. The maximum atomic E-state index is 11.7. The van der Waals surface area contributed by atoms with Gasteiger partial charge in [0, 0.05) is 6.42 Å². The highest BCUT2D eigenvalue weighted by atomic mass is 16.3. The summed E-state index contributed by atoms with van der Waals surface area (Å²) in [6.45, 7) is 2.19. The minimum absolute atomic E-state index is 0.0910. The molecule has 0 saturated heterocycles. The molecule has 0 radical (unpaired) electrons. The van der Waals surface area contributed by atoms with Gasteiger partial charge in [0.2, 0.25) is 0 Å². The Morgan fingerprint density at radius 2 is 1.95 bits per heavy atom. The number of hydrogen-bond acceptors (Lipinski definition) is 3. The first-order valence-corrected chi connectivity index (χ1v) is 8.60. The van der Waals surface area contributed by atoms with E-state index in [9.17, 15) is 15.0 Å². The fourth-order valence-corrected chi connectivity index (χ4v) is 6.17. The van der Waals surface area contributed by atoms with E-state index in [-0.39, 0.29) is 5.41 Å². The fraction of sp³-hybridized carbons (Fsp3) is 0.833. The van der Waals surface area contributed by atoms with E-state index in [4.69, 9.17) is 0 Å². The average molecular weight is 290 g/mol. The lowest BCUT2D eigenvalue weighted by Gasteiger charge is -2.53. The number of allylic oxidation sites excluding steroid dienone is 1. The van der Waals surface area contributed by atoms with Gasteiger partial charge in [-0.15, -0.1) is 0 Å². The zero-order chi connectivity index (χ0) is 14.8. The van der Waals surface area contributed by atoms with Gasteiger partial charge >= 0.3 is 0 Å². The fourth-order valence-electron chi connectivity index (χ4n) is 6.17. The third kappa shape index (κ3) is 1.90. The molecule has 4 aliphatic rings. The van der Waals surface area contributed by atoms with E-state index in [1.165, 1.54) is 5.57 Å². The molecule has 2 N–H and O–H groups in total. The Labute approximate surface area is 126 Å². The monoisotopic (exact) mass is 290 g/mol. The lowest BCUT2D eigenvalue weighted by molar-refractivity contribution is -0.116. The Hall–Kier alpha value is -0.670. The van der Waals surface area contributed by atoms with Crippen molar-refractivity contribution in [2.24, 2.45) is 29.1 Å². The highest BCUT2D eigenvalue weighted by Crippen LogP contribution is 2.61. The lowest BCUT2D eigenvalue weighted by atomic mass is 9.52. The summed E-state index contributed by atoms with van der Waals surface area (Å²) in [5.74, 6) is 2.67. The van der Waals surface area contributed by atoms with Crippen molar-refractivity contribution in [3.8, 4) is 0 Å². The Kier molecular flexibility index (Phi) is 3.10. The van der Waals surface area contributed by atoms with Crippen LogP contribution in [0.25, 0.3) is 0 Å². The molecule has 0 amide bonds. The summed E-state index contributed by atoms with van der Waals surface area (Å²) >= 11 is 0. The van der Waals surface area contributed by atoms with Crippen molar-refractivity contribution in [3.63, 3.8) is 0 Å². The number of fused-ring (bicyclic) bond motifs is 5. The molecule has 116 valence electrons. The summed E-state index contributed by atoms with van der Waals surface area (Å²) in [6, 6.07) is 0. The molecule has 0 spiro atoms. The van der Waals surface area contributed by atoms with Gasteiger partial charge in [-0.05, 0) is 73.7 Å². The van der Waals surface area contributed by atoms with Crippen molar-refractivity contribution >= 4 is 5.78 Å². The van der Waals surface area contributed by atoms with Crippen molar-refractivity contribution in [3.05, 3.63) is 11.6 Å². The molecule has 21 heavy (non-hydrogen) atoms. The Morgan fingerprint density at radius 3 is 2.76 bits per heavy atom. The molecule has 0 bridgehead atoms. The van der Waals surface area contributed by atoms with Crippen LogP contribution in [0.4, 0.5) is 0 Å². The summed E-state index contributed by atoms with van der Waals surface area (Å²) < 4.78 is 0. The van der Waals surface area contributed by atoms with Gasteiger partial charge in [-0.3, -0.25) is 4.79 Å². The number of aliphatic hydroxyl groups is 2. The standard InChI is InChI=1S/C18H26O3/c1-18-7-6-13-12-5-3-11(19)8-10(12)2-4-14(13)15(18)9-16(20)17(18)21/h8,12-17,20-21H,2-7,9H2,1H3/t12-,13-,14+,15-,16-,17-,18-/m0/s1. The molecule has 3 heteroatoms. The molecule has 0 aromatic carbocycles. The molecule has 0 aromatic heterocycles. The first-order valence-electron chi connectivity index (χ1n) is 8.60. The van der Waals surface area contributed by atoms with Crippen LogP contribution in [0.5, 0.6) is 0 Å². The molecule has 0 aromatic rings. The van der Waals surface area contributed by atoms with Crippen molar-refractivity contribution in [1.29, 1.82) is 0 Å². The summed E-state index contributed by atoms with van der Waals surface area (Å²) in [5, 5.41) is 20.5. The first kappa shape index (κ1) is 14.0. The van der Waals surface area contributed by atoms with Crippen molar-refractivity contribution < 1.29 is 15.0 Å². The summed E-state index contributed by atoms with van der Waals surface area (Å²) in [5.41, 5.74) is 1.31. The molecular weight excluding hydrogens is 264 g/mol. The summed E-state index contributed by atoms with van der Waals surface area (Å²) in [7, 11) is 0. The Bertz CT molecular complexity index is 497. The van der Waals surface area contributed by atoms with Crippen LogP contribution in [0.2, 0.25) is 0 Å². The SMILES string of the molecule is C[C@]12CC[C@@H]3[C@@H](CCC4=CC(=O)CC[C@@H]43)[C@@H]1C[C@H](O)[C@@H]2O. The van der Waals surface area contributed by atoms with Gasteiger partial charge in [-0.1, -0.05) is 12.5 Å². The maximum Gasteiger partial charge on any atom is 0.155 e. The molecule has 0 unspecified atom stereocenters. The van der Waals surface area contributed by atoms with E-state index in [0.717, 1.165) is 38.5 Å². The largest absolute Gasteiger partial charge is 0.390 e. The van der Waals surface area contributed by atoms with Crippen molar-refractivity contribution in [1.82, 2.24) is 0 Å². The normalized spacial score (nSPS) is 52.7. The number of carbonyl (C=O) groups is 1. The Morgan fingerprint density at radius 1 is 1.14 bits per heavy atom. The van der Waals surface area contributed by atoms with Gasteiger partial charge in [0.15, 0.2) is 5.78 Å². The van der Waals surface area contributed by atoms with Crippen LogP contribution in [0, 0.1) is 29.1 Å². The van der Waals surface area contributed by atoms with Crippen LogP contribution in [-0.2, 0) is 4.79 Å². The molecule has 4 rings (SSSR count). The molecule has 3 fully saturated rings. The molecule has 3 saturated carbocycles. The topological polar surface area (TPSA) is 57.5 Å². The molecule has 7 atom stereocenters. The number of aliphatic hydroxyl groups excluding tert-OH is 2. The van der Waals surface area contributed by atoms with E-state index in [1.54, 1.807) is 0 Å². The first-order chi connectivity index (χ1) is 10.0. The number of ketones is 1. The number of rotatable bonds is 0. The van der Waals surface area contributed by atoms with Gasteiger partial charge in [0.1, 0.15) is 0 Å². The smallest absolute Gasteiger partial charge is 0.155 e. The third-order valence-corrected chi connectivity index (χ3v) is 7.27. The van der Waals surface area contributed by atoms with Gasteiger partial charge in [0.05, 0.1) is 12.2 Å². The van der Waals surface area contributed by atoms with Crippen LogP contribution >= 0.6 is 0 Å². The zero-order valence-corrected chi connectivity index (χ0v) is 12.8. The quantitative estimate of drug-likeness (QED) is 0.720. The molecule has 3 nitrogen and oxygen atoms in total. The van der Waals surface area contributed by atoms with E-state index in [0.29, 0.717) is 35.9 Å². The van der Waals surface area contributed by atoms with Gasteiger partial charge in [-0.25, -0.2) is 0 Å². The molecule has 0 heterocycles. The van der Waals surface area contributed by atoms with Crippen LogP contribution in [-0.4, -0.2) is 28.2 Å². The van der Waals surface area contributed by atoms with E-state index in [1.807, 2.05) is 6.08 Å². The summed E-state index contributed by atoms with van der Waals surface area (Å²) in [6.07, 6.45) is 7.71. The average Bonchev–Trinajstić information content (AvgIpc) is 2.70. The van der Waals surface area contributed by atoms with E-state index < -0.39 is 12.2 Å². The van der Waals surface area contributed by atoms with Crippen LogP contribution in [0.1, 0.15) is 51.9 Å². The van der Waals surface area contributed by atoms with Crippen LogP contribution < -0.4 is 0 Å². The second-order valence-corrected chi connectivity index (χ2v) is 8.10. The van der Waals surface area contributed by atoms with Crippen molar-refractivity contribution in [2.75, 3.05) is 0 Å². The van der Waals surface area contributed by atoms with Gasteiger partial charge in [-0.2, -0.15) is 0 Å². The van der Waals surface area contributed by atoms with Crippen LogP contribution in [0.3, 0.4) is 0 Å². The van der Waals surface area contributed by atoms with Crippen LogP contribution in [0.15, 0.2) is 11.6 Å². The molecular formula is C18H26O3. The summed E-state index contributed by atoms with van der Waals surface area (Å²) in [4.78, 5) is 11.7. The van der Waals surface area contributed by atoms with Gasteiger partial charge in [0.25, 0.3) is 0 Å². The highest BCUT2D eigenvalue weighted by molar-refractivity contribution is 5.91. The second kappa shape index (κ2) is 4.66. The lowest BCUT2D eigenvalue weighted by Crippen LogP contribution is -2.48.